The predicted molar refractivity (Wildman–Crippen MR) is 116 cm³/mol. The van der Waals surface area contributed by atoms with Crippen LogP contribution in [-0.2, 0) is 16.4 Å². The van der Waals surface area contributed by atoms with E-state index in [1.54, 1.807) is 29.2 Å². The zero-order chi connectivity index (χ0) is 21.6. The van der Waals surface area contributed by atoms with Gasteiger partial charge < -0.3 is 14.1 Å². The molecule has 0 aliphatic carbocycles. The van der Waals surface area contributed by atoms with E-state index in [1.165, 1.54) is 12.8 Å². The third-order valence-corrected chi connectivity index (χ3v) is 7.15. The molecule has 1 fully saturated rings. The van der Waals surface area contributed by atoms with E-state index in [9.17, 15) is 13.2 Å². The Morgan fingerprint density at radius 3 is 2.50 bits per heavy atom. The van der Waals surface area contributed by atoms with Gasteiger partial charge in [-0.3, -0.25) is 4.79 Å². The average molecular weight is 434 g/mol. The lowest BCUT2D eigenvalue weighted by molar-refractivity contribution is 0.0665. The van der Waals surface area contributed by atoms with Gasteiger partial charge in [-0.25, -0.2) is 8.42 Å². The lowest BCUT2D eigenvalue weighted by Gasteiger charge is -2.27. The van der Waals surface area contributed by atoms with E-state index < -0.39 is 9.84 Å². The minimum atomic E-state index is -3.11. The number of unbranched alkanes of at least 4 members (excludes halogenated alkanes) is 3. The largest absolute Gasteiger partial charge is 0.494 e. The summed E-state index contributed by atoms with van der Waals surface area (Å²) in [5.41, 5.74) is 0.515. The molecule has 0 unspecified atom stereocenters. The Labute approximate surface area is 179 Å². The molecule has 2 heterocycles. The number of rotatable bonds is 10. The van der Waals surface area contributed by atoms with Crippen molar-refractivity contribution in [2.45, 2.75) is 58.5 Å². The van der Waals surface area contributed by atoms with Crippen LogP contribution >= 0.6 is 0 Å². The first-order valence-electron chi connectivity index (χ1n) is 10.7. The van der Waals surface area contributed by atoms with Crippen molar-refractivity contribution >= 4 is 15.7 Å². The number of hydrogen-bond acceptors (Lipinski definition) is 5. The maximum atomic E-state index is 13.2. The van der Waals surface area contributed by atoms with Gasteiger partial charge in [-0.05, 0) is 56.2 Å². The Kier molecular flexibility index (Phi) is 7.58. The first kappa shape index (κ1) is 22.4. The van der Waals surface area contributed by atoms with Crippen LogP contribution in [0.5, 0.6) is 5.75 Å². The molecular weight excluding hydrogens is 402 g/mol. The summed E-state index contributed by atoms with van der Waals surface area (Å²) in [6.45, 7) is 4.93. The molecule has 1 aliphatic heterocycles. The van der Waals surface area contributed by atoms with Gasteiger partial charge in [0, 0.05) is 11.6 Å². The molecule has 2 aromatic rings. The highest BCUT2D eigenvalue weighted by atomic mass is 32.2. The topological polar surface area (TPSA) is 76.8 Å². The van der Waals surface area contributed by atoms with Crippen molar-refractivity contribution in [3.8, 4) is 5.75 Å². The Hall–Kier alpha value is -2.28. The standard InChI is InChI=1S/C23H31NO5S/c1-3-4-5-6-14-28-21-11-8-19(9-12-21)23(25)24(16-22-10-7-18(2)29-22)20-13-15-30(26,27)17-20/h7-12,20H,3-6,13-17H2,1-2H3/t20-/m0/s1. The molecule has 1 amide bonds. The molecule has 1 atom stereocenters. The molecule has 1 saturated heterocycles. The SMILES string of the molecule is CCCCCCOc1ccc(C(=O)N(Cc2ccc(C)o2)[C@H]2CCS(=O)(=O)C2)cc1. The summed E-state index contributed by atoms with van der Waals surface area (Å²) in [5, 5.41) is 0. The minimum absolute atomic E-state index is 0.00259. The Morgan fingerprint density at radius 1 is 1.13 bits per heavy atom. The smallest absolute Gasteiger partial charge is 0.254 e. The van der Waals surface area contributed by atoms with E-state index in [2.05, 4.69) is 6.92 Å². The molecular formula is C23H31NO5S. The minimum Gasteiger partial charge on any atom is -0.494 e. The van der Waals surface area contributed by atoms with Crippen LogP contribution in [0.25, 0.3) is 0 Å². The lowest BCUT2D eigenvalue weighted by Crippen LogP contribution is -2.40. The van der Waals surface area contributed by atoms with Gasteiger partial charge in [-0.2, -0.15) is 0 Å². The molecule has 0 radical (unpaired) electrons. The maximum Gasteiger partial charge on any atom is 0.254 e. The molecule has 7 heteroatoms. The van der Waals surface area contributed by atoms with Crippen LogP contribution in [0.3, 0.4) is 0 Å². The molecule has 3 rings (SSSR count). The summed E-state index contributed by atoms with van der Waals surface area (Å²) in [4.78, 5) is 14.9. The first-order valence-corrected chi connectivity index (χ1v) is 12.5. The zero-order valence-corrected chi connectivity index (χ0v) is 18.6. The van der Waals surface area contributed by atoms with Crippen molar-refractivity contribution in [2.75, 3.05) is 18.1 Å². The summed E-state index contributed by atoms with van der Waals surface area (Å²) < 4.78 is 35.4. The summed E-state index contributed by atoms with van der Waals surface area (Å²) >= 11 is 0. The van der Waals surface area contributed by atoms with Gasteiger partial charge in [0.1, 0.15) is 17.3 Å². The summed E-state index contributed by atoms with van der Waals surface area (Å²) in [5.74, 6) is 2.07. The first-order chi connectivity index (χ1) is 14.4. The van der Waals surface area contributed by atoms with E-state index in [0.29, 0.717) is 24.4 Å². The molecule has 1 aliphatic rings. The number of benzene rings is 1. The number of ether oxygens (including phenoxy) is 1. The number of furan rings is 1. The fourth-order valence-corrected chi connectivity index (χ4v) is 5.44. The van der Waals surface area contributed by atoms with Crippen LogP contribution in [-0.4, -0.2) is 43.4 Å². The summed E-state index contributed by atoms with van der Waals surface area (Å²) in [7, 11) is -3.11. The maximum absolute atomic E-state index is 13.2. The van der Waals surface area contributed by atoms with Gasteiger partial charge in [0.05, 0.1) is 24.7 Å². The molecule has 164 valence electrons. The average Bonchev–Trinajstić information content (AvgIpc) is 3.30. The lowest BCUT2D eigenvalue weighted by atomic mass is 10.1. The number of sulfone groups is 1. The fraction of sp³-hybridized carbons (Fsp3) is 0.522. The summed E-state index contributed by atoms with van der Waals surface area (Å²) in [6.07, 6.45) is 5.01. The highest BCUT2D eigenvalue weighted by Gasteiger charge is 2.35. The van der Waals surface area contributed by atoms with Gasteiger partial charge in [0.25, 0.3) is 5.91 Å². The number of hydrogen-bond donors (Lipinski definition) is 0. The van der Waals surface area contributed by atoms with Crippen molar-refractivity contribution < 1.29 is 22.4 Å². The van der Waals surface area contributed by atoms with Crippen molar-refractivity contribution in [3.63, 3.8) is 0 Å². The second-order valence-corrected chi connectivity index (χ2v) is 10.2. The molecule has 1 aromatic heterocycles. The molecule has 1 aromatic carbocycles. The van der Waals surface area contributed by atoms with Gasteiger partial charge >= 0.3 is 0 Å². The predicted octanol–water partition coefficient (Wildman–Crippen LogP) is 4.38. The fourth-order valence-electron chi connectivity index (χ4n) is 3.70. The normalized spacial score (nSPS) is 17.7. The second kappa shape index (κ2) is 10.2. The van der Waals surface area contributed by atoms with Gasteiger partial charge in [0.2, 0.25) is 0 Å². The van der Waals surface area contributed by atoms with E-state index in [0.717, 1.165) is 24.4 Å². The molecule has 0 saturated carbocycles. The molecule has 30 heavy (non-hydrogen) atoms. The van der Waals surface area contributed by atoms with E-state index in [4.69, 9.17) is 9.15 Å². The number of nitrogens with zero attached hydrogens (tertiary/aromatic N) is 1. The van der Waals surface area contributed by atoms with Crippen molar-refractivity contribution in [1.29, 1.82) is 0 Å². The quantitative estimate of drug-likeness (QED) is 0.520. The number of carbonyl (C=O) groups excluding carboxylic acids is 1. The third kappa shape index (κ3) is 6.11. The highest BCUT2D eigenvalue weighted by Crippen LogP contribution is 2.24. The van der Waals surface area contributed by atoms with Gasteiger partial charge in [0.15, 0.2) is 9.84 Å². The monoisotopic (exact) mass is 433 g/mol. The molecule has 0 N–H and O–H groups in total. The van der Waals surface area contributed by atoms with Crippen molar-refractivity contribution in [2.24, 2.45) is 0 Å². The van der Waals surface area contributed by atoms with E-state index >= 15 is 0 Å². The Morgan fingerprint density at radius 2 is 1.90 bits per heavy atom. The van der Waals surface area contributed by atoms with Crippen molar-refractivity contribution in [1.82, 2.24) is 4.90 Å². The number of amides is 1. The van der Waals surface area contributed by atoms with Crippen LogP contribution in [0.2, 0.25) is 0 Å². The van der Waals surface area contributed by atoms with Gasteiger partial charge in [-0.15, -0.1) is 0 Å². The Balaban J connectivity index is 1.69. The summed E-state index contributed by atoms with van der Waals surface area (Å²) in [6, 6.07) is 10.4. The van der Waals surface area contributed by atoms with Gasteiger partial charge in [-0.1, -0.05) is 26.2 Å². The molecule has 6 nitrogen and oxygen atoms in total. The third-order valence-electron chi connectivity index (χ3n) is 5.40. The van der Waals surface area contributed by atoms with E-state index in [1.807, 2.05) is 19.1 Å². The number of carbonyl (C=O) groups is 1. The van der Waals surface area contributed by atoms with Crippen molar-refractivity contribution in [3.05, 3.63) is 53.5 Å². The van der Waals surface area contributed by atoms with Crippen LogP contribution in [0.1, 0.15) is 60.9 Å². The Bertz CT molecular complexity index is 933. The molecule has 0 spiro atoms. The second-order valence-electron chi connectivity index (χ2n) is 7.94. The van der Waals surface area contributed by atoms with Crippen LogP contribution in [0.4, 0.5) is 0 Å². The van der Waals surface area contributed by atoms with E-state index in [-0.39, 0.29) is 30.0 Å². The molecule has 0 bridgehead atoms. The number of aryl methyl sites for hydroxylation is 1. The van der Waals surface area contributed by atoms with Crippen LogP contribution in [0, 0.1) is 6.92 Å². The van der Waals surface area contributed by atoms with Crippen LogP contribution in [0.15, 0.2) is 40.8 Å². The van der Waals surface area contributed by atoms with Crippen LogP contribution < -0.4 is 4.74 Å². The highest BCUT2D eigenvalue weighted by molar-refractivity contribution is 7.91. The zero-order valence-electron chi connectivity index (χ0n) is 17.8.